The average molecular weight is 184 g/mol. The van der Waals surface area contributed by atoms with Gasteiger partial charge >= 0.3 is 0 Å². The fraction of sp³-hybridized carbons (Fsp3) is 0.833. The van der Waals surface area contributed by atoms with Crippen molar-refractivity contribution in [3.05, 3.63) is 12.2 Å². The van der Waals surface area contributed by atoms with Gasteiger partial charge < -0.3 is 5.11 Å². The molecule has 0 aromatic heterocycles. The Morgan fingerprint density at radius 2 is 1.38 bits per heavy atom. The molecule has 0 bridgehead atoms. The molecule has 0 spiro atoms. The number of allylic oxidation sites excluding steroid dienone is 2. The van der Waals surface area contributed by atoms with Crippen molar-refractivity contribution in [3.8, 4) is 0 Å². The summed E-state index contributed by atoms with van der Waals surface area (Å²) in [5, 5.41) is 8.56. The fourth-order valence-electron chi connectivity index (χ4n) is 1.42. The summed E-state index contributed by atoms with van der Waals surface area (Å²) in [5.74, 6) is 0. The third-order valence-electron chi connectivity index (χ3n) is 2.26. The summed E-state index contributed by atoms with van der Waals surface area (Å²) in [4.78, 5) is 0. The van der Waals surface area contributed by atoms with Gasteiger partial charge in [-0.2, -0.15) is 0 Å². The van der Waals surface area contributed by atoms with E-state index in [9.17, 15) is 0 Å². The van der Waals surface area contributed by atoms with Crippen LogP contribution in [0.3, 0.4) is 0 Å². The molecule has 0 rings (SSSR count). The lowest BCUT2D eigenvalue weighted by Gasteiger charge is -1.99. The van der Waals surface area contributed by atoms with Crippen LogP contribution < -0.4 is 0 Å². The molecule has 0 saturated carbocycles. The Hall–Kier alpha value is -0.300. The lowest BCUT2D eigenvalue weighted by Crippen LogP contribution is -1.83. The number of aliphatic hydroxyl groups is 1. The van der Waals surface area contributed by atoms with Crippen LogP contribution >= 0.6 is 0 Å². The van der Waals surface area contributed by atoms with Gasteiger partial charge in [-0.1, -0.05) is 44.3 Å². The summed E-state index contributed by atoms with van der Waals surface area (Å²) in [6.07, 6.45) is 14.5. The van der Waals surface area contributed by atoms with Crippen LogP contribution in [0.1, 0.15) is 58.3 Å². The monoisotopic (exact) mass is 184 g/mol. The van der Waals surface area contributed by atoms with Gasteiger partial charge in [0.1, 0.15) is 0 Å². The number of unbranched alkanes of at least 4 members (excludes halogenated alkanes) is 7. The third-order valence-corrected chi connectivity index (χ3v) is 2.26. The van der Waals surface area contributed by atoms with E-state index in [2.05, 4.69) is 19.1 Å². The van der Waals surface area contributed by atoms with Gasteiger partial charge in [-0.3, -0.25) is 0 Å². The van der Waals surface area contributed by atoms with Crippen molar-refractivity contribution in [2.75, 3.05) is 6.61 Å². The van der Waals surface area contributed by atoms with E-state index in [-0.39, 0.29) is 0 Å². The van der Waals surface area contributed by atoms with Gasteiger partial charge in [0, 0.05) is 6.61 Å². The SMILES string of the molecule is C/C=C\CCCCCCCCCO. The van der Waals surface area contributed by atoms with Crippen LogP contribution in [0.4, 0.5) is 0 Å². The van der Waals surface area contributed by atoms with Crippen molar-refractivity contribution >= 4 is 0 Å². The topological polar surface area (TPSA) is 20.2 Å². The summed E-state index contributed by atoms with van der Waals surface area (Å²) >= 11 is 0. The minimum Gasteiger partial charge on any atom is -0.396 e. The summed E-state index contributed by atoms with van der Waals surface area (Å²) in [5.41, 5.74) is 0. The Morgan fingerprint density at radius 3 is 1.92 bits per heavy atom. The van der Waals surface area contributed by atoms with Gasteiger partial charge in [-0.05, 0) is 26.2 Å². The lowest BCUT2D eigenvalue weighted by molar-refractivity contribution is 0.282. The minimum atomic E-state index is 0.362. The first-order valence-corrected chi connectivity index (χ1v) is 5.64. The zero-order valence-corrected chi connectivity index (χ0v) is 8.97. The standard InChI is InChI=1S/C12H24O/c1-2-3-4-5-6-7-8-9-10-11-12-13/h2-3,13H,4-12H2,1H3/b3-2-. The van der Waals surface area contributed by atoms with E-state index in [0.29, 0.717) is 6.61 Å². The number of hydrogen-bond acceptors (Lipinski definition) is 1. The number of rotatable bonds is 9. The van der Waals surface area contributed by atoms with Crippen LogP contribution in [0, 0.1) is 0 Å². The predicted octanol–water partition coefficient (Wildman–Crippen LogP) is 3.68. The molecule has 0 fully saturated rings. The van der Waals surface area contributed by atoms with Gasteiger partial charge in [-0.25, -0.2) is 0 Å². The average Bonchev–Trinajstić information content (AvgIpc) is 2.16. The zero-order chi connectivity index (χ0) is 9.78. The lowest BCUT2D eigenvalue weighted by atomic mass is 10.1. The van der Waals surface area contributed by atoms with Crippen molar-refractivity contribution in [2.45, 2.75) is 58.3 Å². The summed E-state index contributed by atoms with van der Waals surface area (Å²) in [6, 6.07) is 0. The van der Waals surface area contributed by atoms with Crippen LogP contribution in [0.5, 0.6) is 0 Å². The Labute approximate surface area is 82.9 Å². The molecule has 0 aromatic rings. The van der Waals surface area contributed by atoms with E-state index >= 15 is 0 Å². The maximum Gasteiger partial charge on any atom is 0.0431 e. The fourth-order valence-corrected chi connectivity index (χ4v) is 1.42. The van der Waals surface area contributed by atoms with Gasteiger partial charge in [-0.15, -0.1) is 0 Å². The van der Waals surface area contributed by atoms with E-state index in [0.717, 1.165) is 6.42 Å². The van der Waals surface area contributed by atoms with Crippen LogP contribution in [-0.4, -0.2) is 11.7 Å². The van der Waals surface area contributed by atoms with E-state index in [1.165, 1.54) is 44.9 Å². The molecule has 1 heteroatoms. The van der Waals surface area contributed by atoms with Crippen LogP contribution in [0.25, 0.3) is 0 Å². The van der Waals surface area contributed by atoms with E-state index in [4.69, 9.17) is 5.11 Å². The number of aliphatic hydroxyl groups excluding tert-OH is 1. The second kappa shape index (κ2) is 11.7. The molecule has 0 aromatic carbocycles. The van der Waals surface area contributed by atoms with Crippen molar-refractivity contribution < 1.29 is 5.11 Å². The maximum atomic E-state index is 8.56. The molecule has 78 valence electrons. The highest BCUT2D eigenvalue weighted by Gasteiger charge is 1.89. The molecule has 0 radical (unpaired) electrons. The summed E-state index contributed by atoms with van der Waals surface area (Å²) < 4.78 is 0. The van der Waals surface area contributed by atoms with Gasteiger partial charge in [0.25, 0.3) is 0 Å². The van der Waals surface area contributed by atoms with Crippen molar-refractivity contribution in [2.24, 2.45) is 0 Å². The molecule has 0 aliphatic rings. The molecule has 0 atom stereocenters. The Morgan fingerprint density at radius 1 is 0.846 bits per heavy atom. The van der Waals surface area contributed by atoms with E-state index in [1.807, 2.05) is 0 Å². The highest BCUT2D eigenvalue weighted by molar-refractivity contribution is 4.76. The van der Waals surface area contributed by atoms with E-state index < -0.39 is 0 Å². The van der Waals surface area contributed by atoms with Crippen molar-refractivity contribution in [1.82, 2.24) is 0 Å². The Kier molecular flexibility index (Phi) is 11.4. The molecule has 0 saturated heterocycles. The third kappa shape index (κ3) is 11.7. The molecular weight excluding hydrogens is 160 g/mol. The van der Waals surface area contributed by atoms with E-state index in [1.54, 1.807) is 0 Å². The quantitative estimate of drug-likeness (QED) is 0.428. The van der Waals surface area contributed by atoms with Gasteiger partial charge in [0.05, 0.1) is 0 Å². The first-order chi connectivity index (χ1) is 6.41. The van der Waals surface area contributed by atoms with Crippen molar-refractivity contribution in [1.29, 1.82) is 0 Å². The van der Waals surface area contributed by atoms with Gasteiger partial charge in [0.2, 0.25) is 0 Å². The smallest absolute Gasteiger partial charge is 0.0431 e. The van der Waals surface area contributed by atoms with Gasteiger partial charge in [0.15, 0.2) is 0 Å². The Bertz CT molecular complexity index is 108. The molecule has 0 amide bonds. The molecule has 0 aliphatic heterocycles. The molecule has 0 unspecified atom stereocenters. The van der Waals surface area contributed by atoms with Crippen molar-refractivity contribution in [3.63, 3.8) is 0 Å². The van der Waals surface area contributed by atoms with Crippen LogP contribution in [-0.2, 0) is 0 Å². The molecule has 13 heavy (non-hydrogen) atoms. The molecule has 0 heterocycles. The second-order valence-electron chi connectivity index (χ2n) is 3.56. The summed E-state index contributed by atoms with van der Waals surface area (Å²) in [7, 11) is 0. The first kappa shape index (κ1) is 12.7. The predicted molar refractivity (Wildman–Crippen MR) is 58.8 cm³/mol. The normalized spacial score (nSPS) is 11.2. The maximum absolute atomic E-state index is 8.56. The highest BCUT2D eigenvalue weighted by Crippen LogP contribution is 2.08. The molecule has 1 N–H and O–H groups in total. The summed E-state index contributed by atoms with van der Waals surface area (Å²) in [6.45, 7) is 2.44. The molecule has 1 nitrogen and oxygen atoms in total. The zero-order valence-electron chi connectivity index (χ0n) is 8.97. The van der Waals surface area contributed by atoms with Crippen LogP contribution in [0.15, 0.2) is 12.2 Å². The largest absolute Gasteiger partial charge is 0.396 e. The van der Waals surface area contributed by atoms with Crippen LogP contribution in [0.2, 0.25) is 0 Å². The molecule has 0 aliphatic carbocycles. The second-order valence-corrected chi connectivity index (χ2v) is 3.56. The highest BCUT2D eigenvalue weighted by atomic mass is 16.2. The number of hydrogen-bond donors (Lipinski definition) is 1. The first-order valence-electron chi connectivity index (χ1n) is 5.64. The minimum absolute atomic E-state index is 0.362. The molecular formula is C12H24O. The Balaban J connectivity index is 2.83.